The maximum absolute atomic E-state index is 11.3. The van der Waals surface area contributed by atoms with Crippen molar-refractivity contribution in [3.05, 3.63) is 22.2 Å². The first kappa shape index (κ1) is 13.8. The van der Waals surface area contributed by atoms with Gasteiger partial charge >= 0.3 is 0 Å². The molecule has 4 nitrogen and oxygen atoms in total. The van der Waals surface area contributed by atoms with Gasteiger partial charge in [-0.2, -0.15) is 0 Å². The van der Waals surface area contributed by atoms with Gasteiger partial charge in [0.1, 0.15) is 9.84 Å². The second-order valence-corrected chi connectivity index (χ2v) is 7.54. The Hall–Kier alpha value is -0.650. The average Bonchev–Trinajstić information content (AvgIpc) is 2.28. The van der Waals surface area contributed by atoms with E-state index in [1.807, 2.05) is 0 Å². The highest BCUT2D eigenvalue weighted by atomic mass is 35.5. The lowest BCUT2D eigenvalue weighted by molar-refractivity contribution is 0.559. The molecule has 3 N–H and O–H groups in total. The molecule has 0 aromatic heterocycles. The van der Waals surface area contributed by atoms with Gasteiger partial charge < -0.3 is 11.1 Å². The van der Waals surface area contributed by atoms with Gasteiger partial charge in [0.15, 0.2) is 0 Å². The van der Waals surface area contributed by atoms with Crippen LogP contribution >= 0.6 is 23.2 Å². The number of hydrogen-bond acceptors (Lipinski definition) is 4. The molecule has 0 bridgehead atoms. The molecule has 0 amide bonds. The lowest BCUT2D eigenvalue weighted by atomic mass is 10.1. The molecule has 0 radical (unpaired) electrons. The number of benzene rings is 1. The minimum absolute atomic E-state index is 0.105. The average molecular weight is 309 g/mol. The summed E-state index contributed by atoms with van der Waals surface area (Å²) in [5.41, 5.74) is 7.05. The number of sulfone groups is 1. The molecule has 1 aliphatic rings. The second kappa shape index (κ2) is 5.15. The summed E-state index contributed by atoms with van der Waals surface area (Å²) in [4.78, 5) is 0. The van der Waals surface area contributed by atoms with Crippen LogP contribution in [0, 0.1) is 0 Å². The lowest BCUT2D eigenvalue weighted by Gasteiger charge is -2.25. The Bertz CT molecular complexity index is 546. The summed E-state index contributed by atoms with van der Waals surface area (Å²) in [6.07, 6.45) is 1.17. The second-order valence-electron chi connectivity index (χ2n) is 4.42. The predicted octanol–water partition coefficient (Wildman–Crippen LogP) is 2.56. The molecule has 1 aromatic carbocycles. The van der Waals surface area contributed by atoms with Crippen molar-refractivity contribution in [1.29, 1.82) is 0 Å². The number of halogens is 2. The highest BCUT2D eigenvalue weighted by molar-refractivity contribution is 7.91. The molecule has 100 valence electrons. The summed E-state index contributed by atoms with van der Waals surface area (Å²) < 4.78 is 22.6. The van der Waals surface area contributed by atoms with Crippen molar-refractivity contribution >= 4 is 44.4 Å². The maximum Gasteiger partial charge on any atom is 0.150 e. The molecule has 1 saturated heterocycles. The Morgan fingerprint density at radius 3 is 2.33 bits per heavy atom. The molecule has 2 rings (SSSR count). The molecule has 0 saturated carbocycles. The maximum atomic E-state index is 11.3. The van der Waals surface area contributed by atoms with E-state index in [2.05, 4.69) is 5.32 Å². The molecule has 1 fully saturated rings. The monoisotopic (exact) mass is 308 g/mol. The molecule has 0 spiro atoms. The van der Waals surface area contributed by atoms with Crippen molar-refractivity contribution < 1.29 is 8.42 Å². The van der Waals surface area contributed by atoms with E-state index in [9.17, 15) is 8.42 Å². The molecule has 7 heteroatoms. The van der Waals surface area contributed by atoms with Crippen LogP contribution < -0.4 is 11.1 Å². The molecular formula is C11H14Cl2N2O2S. The van der Waals surface area contributed by atoms with Gasteiger partial charge in [-0.25, -0.2) is 8.42 Å². The van der Waals surface area contributed by atoms with E-state index in [0.717, 1.165) is 0 Å². The van der Waals surface area contributed by atoms with Crippen LogP contribution in [0.3, 0.4) is 0 Å². The van der Waals surface area contributed by atoms with Crippen LogP contribution in [-0.4, -0.2) is 26.0 Å². The van der Waals surface area contributed by atoms with Gasteiger partial charge in [0.05, 0.1) is 32.9 Å². The first-order chi connectivity index (χ1) is 8.37. The molecule has 0 atom stereocenters. The van der Waals surface area contributed by atoms with Crippen molar-refractivity contribution in [3.63, 3.8) is 0 Å². The summed E-state index contributed by atoms with van der Waals surface area (Å²) in [5, 5.41) is 4.06. The molecular weight excluding hydrogens is 295 g/mol. The van der Waals surface area contributed by atoms with Gasteiger partial charge in [-0.3, -0.25) is 0 Å². The number of nitrogens with one attached hydrogen (secondary N) is 1. The first-order valence-corrected chi connectivity index (χ1v) is 8.16. The molecule has 0 aliphatic carbocycles. The van der Waals surface area contributed by atoms with Crippen LogP contribution in [-0.2, 0) is 9.84 Å². The fraction of sp³-hybridized carbons (Fsp3) is 0.455. The summed E-state index contributed by atoms with van der Waals surface area (Å²) in [6, 6.07) is 3.36. The van der Waals surface area contributed by atoms with Crippen molar-refractivity contribution in [2.75, 3.05) is 22.6 Å². The normalized spacial score (nSPS) is 19.7. The third kappa shape index (κ3) is 3.22. The third-order valence-corrected chi connectivity index (χ3v) is 5.44. The Kier molecular flexibility index (Phi) is 3.94. The van der Waals surface area contributed by atoms with E-state index >= 15 is 0 Å². The van der Waals surface area contributed by atoms with E-state index in [4.69, 9.17) is 28.9 Å². The molecule has 0 unspecified atom stereocenters. The fourth-order valence-electron chi connectivity index (χ4n) is 1.94. The van der Waals surface area contributed by atoms with Crippen molar-refractivity contribution in [3.8, 4) is 0 Å². The fourth-order valence-corrected chi connectivity index (χ4v) is 3.77. The van der Waals surface area contributed by atoms with E-state index in [1.54, 1.807) is 12.1 Å². The van der Waals surface area contributed by atoms with E-state index < -0.39 is 9.84 Å². The lowest BCUT2D eigenvalue weighted by Crippen LogP contribution is -2.32. The van der Waals surface area contributed by atoms with E-state index in [-0.39, 0.29) is 17.5 Å². The summed E-state index contributed by atoms with van der Waals surface area (Å²) in [7, 11) is -2.85. The van der Waals surface area contributed by atoms with Crippen molar-refractivity contribution in [1.82, 2.24) is 0 Å². The minimum atomic E-state index is -2.85. The highest BCUT2D eigenvalue weighted by Gasteiger charge is 2.23. The molecule has 1 aromatic rings. The molecule has 1 aliphatic heterocycles. The Morgan fingerprint density at radius 1 is 1.17 bits per heavy atom. The van der Waals surface area contributed by atoms with Gasteiger partial charge in [-0.05, 0) is 25.0 Å². The Labute approximate surface area is 116 Å². The summed E-state index contributed by atoms with van der Waals surface area (Å²) in [5.74, 6) is 0.428. The Morgan fingerprint density at radius 2 is 1.72 bits per heavy atom. The van der Waals surface area contributed by atoms with Gasteiger partial charge in [0.2, 0.25) is 0 Å². The zero-order valence-electron chi connectivity index (χ0n) is 9.62. The zero-order valence-corrected chi connectivity index (χ0v) is 11.9. The van der Waals surface area contributed by atoms with Crippen LogP contribution in [0.2, 0.25) is 10.0 Å². The van der Waals surface area contributed by atoms with Crippen molar-refractivity contribution in [2.24, 2.45) is 0 Å². The van der Waals surface area contributed by atoms with Crippen LogP contribution in [0.5, 0.6) is 0 Å². The largest absolute Gasteiger partial charge is 0.397 e. The summed E-state index contributed by atoms with van der Waals surface area (Å²) >= 11 is 11.8. The van der Waals surface area contributed by atoms with E-state index in [1.165, 1.54) is 0 Å². The van der Waals surface area contributed by atoms with Gasteiger partial charge in [0.25, 0.3) is 0 Å². The zero-order chi connectivity index (χ0) is 13.3. The van der Waals surface area contributed by atoms with Crippen LogP contribution in [0.1, 0.15) is 12.8 Å². The first-order valence-electron chi connectivity index (χ1n) is 5.59. The van der Waals surface area contributed by atoms with Gasteiger partial charge in [-0.1, -0.05) is 23.2 Å². The van der Waals surface area contributed by atoms with Crippen LogP contribution in [0.25, 0.3) is 0 Å². The van der Waals surface area contributed by atoms with Crippen molar-refractivity contribution in [2.45, 2.75) is 18.9 Å². The number of anilines is 2. The summed E-state index contributed by atoms with van der Waals surface area (Å²) in [6.45, 7) is 0. The Balaban J connectivity index is 2.09. The van der Waals surface area contributed by atoms with Gasteiger partial charge in [-0.15, -0.1) is 0 Å². The standard InChI is InChI=1S/C11H14Cl2N2O2S/c12-8-5-10(14)11(6-9(8)13)15-7-1-3-18(16,17)4-2-7/h5-7,15H,1-4,14H2. The SMILES string of the molecule is Nc1cc(Cl)c(Cl)cc1NC1CCS(=O)(=O)CC1. The predicted molar refractivity (Wildman–Crippen MR) is 76.2 cm³/mol. The third-order valence-electron chi connectivity index (χ3n) is 3.01. The number of nitrogen functional groups attached to an aromatic ring is 1. The number of nitrogens with two attached hydrogens (primary N) is 1. The quantitative estimate of drug-likeness (QED) is 0.824. The minimum Gasteiger partial charge on any atom is -0.397 e. The smallest absolute Gasteiger partial charge is 0.150 e. The topological polar surface area (TPSA) is 72.2 Å². The molecule has 18 heavy (non-hydrogen) atoms. The number of rotatable bonds is 2. The van der Waals surface area contributed by atoms with E-state index in [0.29, 0.717) is 34.3 Å². The molecule has 1 heterocycles. The highest BCUT2D eigenvalue weighted by Crippen LogP contribution is 2.32. The number of hydrogen-bond donors (Lipinski definition) is 2. The van der Waals surface area contributed by atoms with Crippen LogP contribution in [0.4, 0.5) is 11.4 Å². The van der Waals surface area contributed by atoms with Gasteiger partial charge in [0, 0.05) is 6.04 Å². The van der Waals surface area contributed by atoms with Crippen LogP contribution in [0.15, 0.2) is 12.1 Å².